The van der Waals surface area contributed by atoms with E-state index in [4.69, 9.17) is 9.47 Å². The van der Waals surface area contributed by atoms with Crippen molar-refractivity contribution in [3.63, 3.8) is 0 Å². The van der Waals surface area contributed by atoms with E-state index in [0.717, 1.165) is 24.2 Å². The third kappa shape index (κ3) is 3.09. The summed E-state index contributed by atoms with van der Waals surface area (Å²) in [5.41, 5.74) is 2.30. The predicted molar refractivity (Wildman–Crippen MR) is 68.8 cm³/mol. The molecule has 1 aliphatic carbocycles. The molecule has 4 heteroatoms. The SMILES string of the molecule is COC(CO)C(C)OC(=C1CC1)c1cccnc1. The second-order valence-electron chi connectivity index (χ2n) is 4.45. The van der Waals surface area contributed by atoms with Gasteiger partial charge in [-0.2, -0.15) is 0 Å². The second kappa shape index (κ2) is 5.98. The predicted octanol–water partition coefficient (Wildman–Crippen LogP) is 2.00. The summed E-state index contributed by atoms with van der Waals surface area (Å²) in [5, 5.41) is 9.20. The van der Waals surface area contributed by atoms with Crippen molar-refractivity contribution in [3.8, 4) is 0 Å². The van der Waals surface area contributed by atoms with Gasteiger partial charge in [0, 0.05) is 25.1 Å². The maximum absolute atomic E-state index is 9.20. The van der Waals surface area contributed by atoms with E-state index < -0.39 is 0 Å². The molecule has 18 heavy (non-hydrogen) atoms. The van der Waals surface area contributed by atoms with Crippen molar-refractivity contribution < 1.29 is 14.6 Å². The summed E-state index contributed by atoms with van der Waals surface area (Å²) in [6.07, 6.45) is 5.20. The quantitative estimate of drug-likeness (QED) is 0.783. The second-order valence-corrected chi connectivity index (χ2v) is 4.45. The minimum Gasteiger partial charge on any atom is -0.487 e. The van der Waals surface area contributed by atoms with E-state index in [0.29, 0.717) is 0 Å². The first-order chi connectivity index (χ1) is 8.76. The fourth-order valence-electron chi connectivity index (χ4n) is 1.82. The zero-order chi connectivity index (χ0) is 13.0. The number of nitrogens with zero attached hydrogens (tertiary/aromatic N) is 1. The van der Waals surface area contributed by atoms with Crippen LogP contribution in [-0.4, -0.2) is 36.0 Å². The first-order valence-corrected chi connectivity index (χ1v) is 6.19. The standard InChI is InChI=1S/C14H19NO3/c1-10(13(9-16)17-2)18-14(11-5-6-11)12-4-3-7-15-8-12/h3-4,7-8,10,13,16H,5-6,9H2,1-2H3. The Bertz CT molecular complexity index is 406. The maximum Gasteiger partial charge on any atom is 0.127 e. The lowest BCUT2D eigenvalue weighted by molar-refractivity contribution is -0.0324. The van der Waals surface area contributed by atoms with Gasteiger partial charge in [-0.3, -0.25) is 4.98 Å². The van der Waals surface area contributed by atoms with Gasteiger partial charge in [0.25, 0.3) is 0 Å². The maximum atomic E-state index is 9.20. The van der Waals surface area contributed by atoms with Gasteiger partial charge in [0.1, 0.15) is 18.0 Å². The topological polar surface area (TPSA) is 51.6 Å². The summed E-state index contributed by atoms with van der Waals surface area (Å²) in [5.74, 6) is 0.895. The summed E-state index contributed by atoms with van der Waals surface area (Å²) in [7, 11) is 1.58. The Labute approximate surface area is 107 Å². The monoisotopic (exact) mass is 249 g/mol. The molecule has 2 rings (SSSR count). The molecule has 0 aliphatic heterocycles. The molecule has 2 unspecified atom stereocenters. The molecule has 1 heterocycles. The molecule has 0 saturated heterocycles. The first-order valence-electron chi connectivity index (χ1n) is 6.19. The van der Waals surface area contributed by atoms with E-state index in [1.165, 1.54) is 5.57 Å². The van der Waals surface area contributed by atoms with Gasteiger partial charge in [-0.05, 0) is 37.5 Å². The Morgan fingerprint density at radius 1 is 1.50 bits per heavy atom. The number of hydrogen-bond acceptors (Lipinski definition) is 4. The molecule has 4 nitrogen and oxygen atoms in total. The largest absolute Gasteiger partial charge is 0.487 e. The van der Waals surface area contributed by atoms with Crippen molar-refractivity contribution in [1.29, 1.82) is 0 Å². The van der Waals surface area contributed by atoms with Gasteiger partial charge in [0.05, 0.1) is 6.61 Å². The van der Waals surface area contributed by atoms with Crippen LogP contribution in [0.4, 0.5) is 0 Å². The molecule has 0 bridgehead atoms. The van der Waals surface area contributed by atoms with Crippen LogP contribution < -0.4 is 0 Å². The lowest BCUT2D eigenvalue weighted by atomic mass is 10.2. The molecule has 1 N–H and O–H groups in total. The van der Waals surface area contributed by atoms with Crippen molar-refractivity contribution in [2.24, 2.45) is 0 Å². The molecule has 0 amide bonds. The van der Waals surface area contributed by atoms with Crippen LogP contribution in [0.15, 0.2) is 30.1 Å². The normalized spacial score (nSPS) is 17.2. The first kappa shape index (κ1) is 13.1. The zero-order valence-electron chi connectivity index (χ0n) is 10.8. The summed E-state index contributed by atoms with van der Waals surface area (Å²) < 4.78 is 11.1. The fraction of sp³-hybridized carbons (Fsp3) is 0.500. The molecule has 98 valence electrons. The molecule has 2 atom stereocenters. The Balaban J connectivity index is 2.12. The summed E-state index contributed by atoms with van der Waals surface area (Å²) in [6.45, 7) is 1.86. The molecule has 0 spiro atoms. The minimum atomic E-state index is -0.309. The smallest absolute Gasteiger partial charge is 0.127 e. The molecule has 1 aliphatic rings. The molecular formula is C14H19NO3. The third-order valence-corrected chi connectivity index (χ3v) is 3.05. The number of allylic oxidation sites excluding steroid dienone is 1. The van der Waals surface area contributed by atoms with Crippen LogP contribution in [0.1, 0.15) is 25.3 Å². The van der Waals surface area contributed by atoms with Gasteiger partial charge < -0.3 is 14.6 Å². The lowest BCUT2D eigenvalue weighted by Crippen LogP contribution is -2.31. The summed E-state index contributed by atoms with van der Waals surface area (Å²) in [4.78, 5) is 4.11. The van der Waals surface area contributed by atoms with E-state index in [1.807, 2.05) is 19.1 Å². The molecule has 1 aromatic rings. The Hall–Kier alpha value is -1.39. The molecular weight excluding hydrogens is 230 g/mol. The van der Waals surface area contributed by atoms with Crippen molar-refractivity contribution in [3.05, 3.63) is 35.7 Å². The van der Waals surface area contributed by atoms with Crippen LogP contribution in [0.5, 0.6) is 0 Å². The number of rotatable bonds is 6. The van der Waals surface area contributed by atoms with E-state index in [9.17, 15) is 5.11 Å². The van der Waals surface area contributed by atoms with Crippen molar-refractivity contribution >= 4 is 5.76 Å². The number of aromatic nitrogens is 1. The van der Waals surface area contributed by atoms with Crippen LogP contribution in [0.3, 0.4) is 0 Å². The van der Waals surface area contributed by atoms with E-state index in [2.05, 4.69) is 4.98 Å². The number of aliphatic hydroxyl groups is 1. The van der Waals surface area contributed by atoms with Crippen LogP contribution in [0.2, 0.25) is 0 Å². The number of pyridine rings is 1. The summed E-state index contributed by atoms with van der Waals surface area (Å²) >= 11 is 0. The van der Waals surface area contributed by atoms with Gasteiger partial charge in [-0.25, -0.2) is 0 Å². The average molecular weight is 249 g/mol. The molecule has 1 fully saturated rings. The number of hydrogen-bond donors (Lipinski definition) is 1. The Kier molecular flexibility index (Phi) is 4.33. The third-order valence-electron chi connectivity index (χ3n) is 3.05. The van der Waals surface area contributed by atoms with Crippen LogP contribution in [-0.2, 0) is 9.47 Å². The number of aliphatic hydroxyl groups excluding tert-OH is 1. The minimum absolute atomic E-state index is 0.0483. The number of methoxy groups -OCH3 is 1. The lowest BCUT2D eigenvalue weighted by Gasteiger charge is -2.23. The van der Waals surface area contributed by atoms with Crippen LogP contribution in [0.25, 0.3) is 5.76 Å². The molecule has 0 aromatic carbocycles. The fourth-order valence-corrected chi connectivity index (χ4v) is 1.82. The van der Waals surface area contributed by atoms with E-state index in [1.54, 1.807) is 19.5 Å². The molecule has 1 aromatic heterocycles. The highest BCUT2D eigenvalue weighted by molar-refractivity contribution is 5.65. The highest BCUT2D eigenvalue weighted by Crippen LogP contribution is 2.37. The number of ether oxygens (including phenoxy) is 2. The molecule has 1 saturated carbocycles. The van der Waals surface area contributed by atoms with Gasteiger partial charge in [-0.1, -0.05) is 0 Å². The molecule has 0 radical (unpaired) electrons. The Morgan fingerprint density at radius 2 is 2.28 bits per heavy atom. The Morgan fingerprint density at radius 3 is 2.78 bits per heavy atom. The highest BCUT2D eigenvalue weighted by Gasteiger charge is 2.25. The van der Waals surface area contributed by atoms with Gasteiger partial charge >= 0.3 is 0 Å². The highest BCUT2D eigenvalue weighted by atomic mass is 16.5. The van der Waals surface area contributed by atoms with E-state index in [-0.39, 0.29) is 18.8 Å². The van der Waals surface area contributed by atoms with Gasteiger partial charge in [0.2, 0.25) is 0 Å². The van der Waals surface area contributed by atoms with Gasteiger partial charge in [0.15, 0.2) is 0 Å². The zero-order valence-corrected chi connectivity index (χ0v) is 10.8. The van der Waals surface area contributed by atoms with E-state index >= 15 is 0 Å². The van der Waals surface area contributed by atoms with Crippen LogP contribution in [0, 0.1) is 0 Å². The average Bonchev–Trinajstić information content (AvgIpc) is 3.23. The van der Waals surface area contributed by atoms with Crippen molar-refractivity contribution in [2.45, 2.75) is 32.0 Å². The van der Waals surface area contributed by atoms with Crippen molar-refractivity contribution in [1.82, 2.24) is 4.98 Å². The van der Waals surface area contributed by atoms with Crippen molar-refractivity contribution in [2.75, 3.05) is 13.7 Å². The van der Waals surface area contributed by atoms with Gasteiger partial charge in [-0.15, -0.1) is 0 Å². The van der Waals surface area contributed by atoms with Crippen LogP contribution >= 0.6 is 0 Å². The summed E-state index contributed by atoms with van der Waals surface area (Å²) in [6, 6.07) is 3.88.